The van der Waals surface area contributed by atoms with E-state index < -0.39 is 0 Å². The van der Waals surface area contributed by atoms with Crippen LogP contribution in [0.25, 0.3) is 0 Å². The molecule has 0 aliphatic heterocycles. The lowest BCUT2D eigenvalue weighted by Crippen LogP contribution is -2.15. The van der Waals surface area contributed by atoms with Gasteiger partial charge in [-0.25, -0.2) is 0 Å². The van der Waals surface area contributed by atoms with E-state index in [0.717, 1.165) is 5.33 Å². The summed E-state index contributed by atoms with van der Waals surface area (Å²) in [4.78, 5) is 0. The van der Waals surface area contributed by atoms with E-state index in [0.29, 0.717) is 106 Å². The summed E-state index contributed by atoms with van der Waals surface area (Å²) in [6, 6.07) is 0. The van der Waals surface area contributed by atoms with Crippen molar-refractivity contribution in [1.82, 2.24) is 0 Å². The lowest BCUT2D eigenvalue weighted by molar-refractivity contribution is -0.0221. The summed E-state index contributed by atoms with van der Waals surface area (Å²) in [6.07, 6.45) is 5.05. The van der Waals surface area contributed by atoms with Gasteiger partial charge in [-0.05, 0) is 0 Å². The highest BCUT2D eigenvalue weighted by Gasteiger charge is 1.94. The van der Waals surface area contributed by atoms with Gasteiger partial charge in [-0.15, -0.1) is 6.42 Å². The molecule has 0 rings (SSSR count). The zero-order chi connectivity index (χ0) is 20.4. The van der Waals surface area contributed by atoms with Crippen molar-refractivity contribution in [3.05, 3.63) is 0 Å². The lowest BCUT2D eigenvalue weighted by Gasteiger charge is -2.08. The van der Waals surface area contributed by atoms with Crippen molar-refractivity contribution < 1.29 is 37.9 Å². The van der Waals surface area contributed by atoms with Gasteiger partial charge in [-0.3, -0.25) is 0 Å². The Morgan fingerprint density at radius 3 is 0.929 bits per heavy atom. The first-order valence-corrected chi connectivity index (χ1v) is 10.6. The molecule has 0 radical (unpaired) electrons. The first kappa shape index (κ1) is 27.7. The Hall–Kier alpha value is -0.280. The Morgan fingerprint density at radius 2 is 0.679 bits per heavy atom. The van der Waals surface area contributed by atoms with Crippen LogP contribution in [0.5, 0.6) is 0 Å². The molecule has 28 heavy (non-hydrogen) atoms. The van der Waals surface area contributed by atoms with Crippen molar-refractivity contribution >= 4 is 15.9 Å². The first-order valence-electron chi connectivity index (χ1n) is 9.53. The number of ether oxygens (including phenoxy) is 8. The highest BCUT2D eigenvalue weighted by atomic mass is 79.9. The van der Waals surface area contributed by atoms with E-state index in [1.807, 2.05) is 0 Å². The highest BCUT2D eigenvalue weighted by Crippen LogP contribution is 1.86. The Labute approximate surface area is 177 Å². The molecule has 0 saturated carbocycles. The molecule has 0 heterocycles. The monoisotopic (exact) mass is 470 g/mol. The molecule has 0 amide bonds. The van der Waals surface area contributed by atoms with Crippen molar-refractivity contribution in [1.29, 1.82) is 0 Å². The minimum absolute atomic E-state index is 0.317. The lowest BCUT2D eigenvalue weighted by atomic mass is 10.6. The minimum atomic E-state index is 0.317. The summed E-state index contributed by atoms with van der Waals surface area (Å²) in [6.45, 7) is 8.60. The van der Waals surface area contributed by atoms with Crippen molar-refractivity contribution in [2.45, 2.75) is 0 Å². The van der Waals surface area contributed by atoms with Crippen LogP contribution >= 0.6 is 15.9 Å². The van der Waals surface area contributed by atoms with E-state index in [1.165, 1.54) is 0 Å². The van der Waals surface area contributed by atoms with Crippen LogP contribution in [0, 0.1) is 12.3 Å². The Morgan fingerprint density at radius 1 is 0.429 bits per heavy atom. The van der Waals surface area contributed by atoms with E-state index in [1.54, 1.807) is 0 Å². The van der Waals surface area contributed by atoms with Gasteiger partial charge in [-0.1, -0.05) is 21.9 Å². The quantitative estimate of drug-likeness (QED) is 0.118. The van der Waals surface area contributed by atoms with Gasteiger partial charge in [0.2, 0.25) is 0 Å². The average Bonchev–Trinajstić information content (AvgIpc) is 2.71. The fraction of sp³-hybridized carbons (Fsp3) is 0.895. The van der Waals surface area contributed by atoms with E-state index in [-0.39, 0.29) is 0 Å². The van der Waals surface area contributed by atoms with Crippen molar-refractivity contribution in [3.8, 4) is 12.3 Å². The SMILES string of the molecule is C#CCOCCOCCOCCOCCOCCOCCOCCOCCBr. The molecule has 0 unspecified atom stereocenters. The summed E-state index contributed by atoms with van der Waals surface area (Å²) in [7, 11) is 0. The molecular weight excluding hydrogens is 436 g/mol. The summed E-state index contributed by atoms with van der Waals surface area (Å²) in [5.41, 5.74) is 0. The van der Waals surface area contributed by atoms with Gasteiger partial charge in [0, 0.05) is 5.33 Å². The molecule has 9 heteroatoms. The smallest absolute Gasteiger partial charge is 0.107 e. The zero-order valence-electron chi connectivity index (χ0n) is 16.7. The van der Waals surface area contributed by atoms with Crippen LogP contribution < -0.4 is 0 Å². The van der Waals surface area contributed by atoms with Gasteiger partial charge in [0.25, 0.3) is 0 Å². The van der Waals surface area contributed by atoms with Crippen LogP contribution in [0.4, 0.5) is 0 Å². The molecular formula is C19H35BrO8. The second-order valence-corrected chi connectivity index (χ2v) is 6.03. The maximum Gasteiger partial charge on any atom is 0.107 e. The fourth-order valence-electron chi connectivity index (χ4n) is 1.73. The number of rotatable bonds is 24. The van der Waals surface area contributed by atoms with Crippen molar-refractivity contribution in [2.75, 3.05) is 111 Å². The fourth-order valence-corrected chi connectivity index (χ4v) is 1.95. The summed E-state index contributed by atoms with van der Waals surface area (Å²) in [5, 5.41) is 0.843. The molecule has 0 saturated heterocycles. The molecule has 0 bridgehead atoms. The third-order valence-corrected chi connectivity index (χ3v) is 3.33. The molecule has 0 aliphatic rings. The van der Waals surface area contributed by atoms with Crippen LogP contribution in [-0.4, -0.2) is 111 Å². The van der Waals surface area contributed by atoms with Gasteiger partial charge in [0.05, 0.1) is 99.1 Å². The second kappa shape index (κ2) is 26.7. The normalized spacial score (nSPS) is 11.0. The minimum Gasteiger partial charge on any atom is -0.378 e. The Kier molecular flexibility index (Phi) is 26.5. The van der Waals surface area contributed by atoms with Gasteiger partial charge < -0.3 is 37.9 Å². The van der Waals surface area contributed by atoms with Gasteiger partial charge in [-0.2, -0.15) is 0 Å². The molecule has 0 aromatic rings. The maximum absolute atomic E-state index is 5.41. The van der Waals surface area contributed by atoms with Gasteiger partial charge in [0.15, 0.2) is 0 Å². The third-order valence-electron chi connectivity index (χ3n) is 3.01. The molecule has 0 atom stereocenters. The molecule has 0 N–H and O–H groups in total. The largest absolute Gasteiger partial charge is 0.378 e. The van der Waals surface area contributed by atoms with E-state index in [2.05, 4.69) is 21.9 Å². The number of terminal acetylenes is 1. The van der Waals surface area contributed by atoms with Crippen molar-refractivity contribution in [2.24, 2.45) is 0 Å². The second-order valence-electron chi connectivity index (χ2n) is 5.23. The van der Waals surface area contributed by atoms with Crippen molar-refractivity contribution in [3.63, 3.8) is 0 Å². The zero-order valence-corrected chi connectivity index (χ0v) is 18.3. The predicted octanol–water partition coefficient (Wildman–Crippen LogP) is 1.15. The Bertz CT molecular complexity index is 328. The molecule has 0 aromatic heterocycles. The number of hydrogen-bond donors (Lipinski definition) is 0. The molecule has 0 aromatic carbocycles. The molecule has 0 aliphatic carbocycles. The number of alkyl halides is 1. The molecule has 0 fully saturated rings. The standard InChI is InChI=1S/C19H35BrO8/c1-2-4-21-6-8-23-10-12-25-14-16-27-18-19-28-17-15-26-13-11-24-9-7-22-5-3-20/h1H,3-19H2. The predicted molar refractivity (Wildman–Crippen MR) is 109 cm³/mol. The molecule has 166 valence electrons. The molecule has 0 spiro atoms. The van der Waals surface area contributed by atoms with Gasteiger partial charge in [0.1, 0.15) is 6.61 Å². The maximum atomic E-state index is 5.41. The summed E-state index contributed by atoms with van der Waals surface area (Å²) >= 11 is 3.29. The van der Waals surface area contributed by atoms with E-state index in [9.17, 15) is 0 Å². The van der Waals surface area contributed by atoms with Crippen LogP contribution in [0.15, 0.2) is 0 Å². The van der Waals surface area contributed by atoms with Crippen LogP contribution in [0.3, 0.4) is 0 Å². The first-order chi connectivity index (χ1) is 13.9. The van der Waals surface area contributed by atoms with E-state index >= 15 is 0 Å². The van der Waals surface area contributed by atoms with E-state index in [4.69, 9.17) is 44.3 Å². The number of hydrogen-bond acceptors (Lipinski definition) is 8. The third kappa shape index (κ3) is 25.7. The van der Waals surface area contributed by atoms with Gasteiger partial charge >= 0.3 is 0 Å². The average molecular weight is 471 g/mol. The van der Waals surface area contributed by atoms with Crippen LogP contribution in [0.2, 0.25) is 0 Å². The highest BCUT2D eigenvalue weighted by molar-refractivity contribution is 9.09. The molecule has 8 nitrogen and oxygen atoms in total. The summed E-state index contributed by atoms with van der Waals surface area (Å²) < 4.78 is 42.6. The van der Waals surface area contributed by atoms with Crippen LogP contribution in [0.1, 0.15) is 0 Å². The topological polar surface area (TPSA) is 73.8 Å². The summed E-state index contributed by atoms with van der Waals surface area (Å²) in [5.74, 6) is 2.39. The van der Waals surface area contributed by atoms with Crippen LogP contribution in [-0.2, 0) is 37.9 Å². The number of halogens is 1. The Balaban J connectivity index is 2.97.